The van der Waals surface area contributed by atoms with Crippen LogP contribution in [0.2, 0.25) is 0 Å². The number of aliphatic hydroxyl groups is 1. The second-order valence-corrected chi connectivity index (χ2v) is 10.5. The molecule has 1 atom stereocenters. The molecule has 1 aliphatic rings. The predicted molar refractivity (Wildman–Crippen MR) is 152 cm³/mol. The Balaban J connectivity index is 1.76. The van der Waals surface area contributed by atoms with E-state index in [-0.39, 0.29) is 11.3 Å². The SMILES string of the molecule is Cc1cc(/C(O)=C2\C(=O)C(=O)N(CCN(C)C)C2c2cccc(Oc3ccccc3)c2)ccc1OCC(C)C. The number of nitrogens with zero attached hydrogens (tertiary/aromatic N) is 2. The van der Waals surface area contributed by atoms with Crippen molar-refractivity contribution in [2.45, 2.75) is 26.8 Å². The van der Waals surface area contributed by atoms with Gasteiger partial charge in [-0.2, -0.15) is 0 Å². The molecule has 3 aromatic rings. The molecular weight excluding hydrogens is 492 g/mol. The van der Waals surface area contributed by atoms with Gasteiger partial charge in [-0.3, -0.25) is 9.59 Å². The van der Waals surface area contributed by atoms with Crippen LogP contribution >= 0.6 is 0 Å². The van der Waals surface area contributed by atoms with E-state index in [4.69, 9.17) is 9.47 Å². The van der Waals surface area contributed by atoms with Crippen molar-refractivity contribution in [3.05, 3.63) is 95.1 Å². The Morgan fingerprint density at radius 2 is 1.69 bits per heavy atom. The maximum Gasteiger partial charge on any atom is 0.295 e. The van der Waals surface area contributed by atoms with Gasteiger partial charge in [0.05, 0.1) is 18.2 Å². The van der Waals surface area contributed by atoms with E-state index < -0.39 is 17.7 Å². The summed E-state index contributed by atoms with van der Waals surface area (Å²) in [6, 6.07) is 21.2. The highest BCUT2D eigenvalue weighted by molar-refractivity contribution is 6.46. The zero-order chi connectivity index (χ0) is 28.1. The molecule has 1 amide bonds. The van der Waals surface area contributed by atoms with Gasteiger partial charge >= 0.3 is 0 Å². The Kier molecular flexibility index (Phi) is 8.72. The Bertz CT molecular complexity index is 1360. The normalized spacial score (nSPS) is 16.8. The number of carbonyl (C=O) groups is 2. The van der Waals surface area contributed by atoms with Crippen LogP contribution in [0, 0.1) is 12.8 Å². The maximum atomic E-state index is 13.4. The number of carbonyl (C=O) groups excluding carboxylic acids is 2. The summed E-state index contributed by atoms with van der Waals surface area (Å²) in [5, 5.41) is 11.5. The average Bonchev–Trinajstić information content (AvgIpc) is 3.16. The third kappa shape index (κ3) is 6.49. The fourth-order valence-corrected chi connectivity index (χ4v) is 4.51. The molecule has 1 aliphatic heterocycles. The Hall–Kier alpha value is -4.10. The molecule has 0 bridgehead atoms. The molecule has 0 radical (unpaired) electrons. The fraction of sp³-hybridized carbons (Fsp3) is 0.312. The average molecular weight is 529 g/mol. The summed E-state index contributed by atoms with van der Waals surface area (Å²) in [4.78, 5) is 30.1. The van der Waals surface area contributed by atoms with Crippen LogP contribution in [0.1, 0.15) is 36.6 Å². The van der Waals surface area contributed by atoms with Crippen LogP contribution in [0.15, 0.2) is 78.4 Å². The first-order valence-corrected chi connectivity index (χ1v) is 13.2. The van der Waals surface area contributed by atoms with Gasteiger partial charge in [-0.25, -0.2) is 0 Å². The molecule has 7 heteroatoms. The number of benzene rings is 3. The molecule has 39 heavy (non-hydrogen) atoms. The lowest BCUT2D eigenvalue weighted by Gasteiger charge is -2.27. The molecule has 1 N–H and O–H groups in total. The highest BCUT2D eigenvalue weighted by atomic mass is 16.5. The lowest BCUT2D eigenvalue weighted by atomic mass is 9.94. The molecule has 1 saturated heterocycles. The summed E-state index contributed by atoms with van der Waals surface area (Å²) in [7, 11) is 3.82. The van der Waals surface area contributed by atoms with Gasteiger partial charge in [0.25, 0.3) is 11.7 Å². The van der Waals surface area contributed by atoms with E-state index in [1.807, 2.05) is 80.5 Å². The van der Waals surface area contributed by atoms with Crippen LogP contribution in [0.4, 0.5) is 0 Å². The molecule has 7 nitrogen and oxygen atoms in total. The zero-order valence-electron chi connectivity index (χ0n) is 23.2. The number of Topliss-reactive ketones (excluding diaryl/α,β-unsaturated/α-hetero) is 1. The Morgan fingerprint density at radius 1 is 0.974 bits per heavy atom. The number of rotatable bonds is 10. The molecule has 0 spiro atoms. The highest BCUT2D eigenvalue weighted by Crippen LogP contribution is 2.41. The second kappa shape index (κ2) is 12.2. The molecule has 4 rings (SSSR count). The van der Waals surface area contributed by atoms with E-state index in [0.29, 0.717) is 54.0 Å². The third-order valence-electron chi connectivity index (χ3n) is 6.50. The van der Waals surface area contributed by atoms with E-state index >= 15 is 0 Å². The molecule has 3 aromatic carbocycles. The smallest absolute Gasteiger partial charge is 0.295 e. The number of likely N-dealkylation sites (N-methyl/N-ethyl adjacent to an activating group) is 1. The van der Waals surface area contributed by atoms with Crippen molar-refractivity contribution in [2.75, 3.05) is 33.8 Å². The predicted octanol–water partition coefficient (Wildman–Crippen LogP) is 5.81. The van der Waals surface area contributed by atoms with Crippen LogP contribution in [-0.4, -0.2) is 60.4 Å². The van der Waals surface area contributed by atoms with Gasteiger partial charge in [0, 0.05) is 18.7 Å². The molecule has 1 fully saturated rings. The fourth-order valence-electron chi connectivity index (χ4n) is 4.51. The van der Waals surface area contributed by atoms with Gasteiger partial charge in [0.15, 0.2) is 0 Å². The minimum Gasteiger partial charge on any atom is -0.507 e. The van der Waals surface area contributed by atoms with Crippen molar-refractivity contribution >= 4 is 17.4 Å². The molecule has 1 unspecified atom stereocenters. The van der Waals surface area contributed by atoms with Crippen LogP contribution < -0.4 is 9.47 Å². The van der Waals surface area contributed by atoms with Crippen molar-refractivity contribution in [3.8, 4) is 17.2 Å². The lowest BCUT2D eigenvalue weighted by Crippen LogP contribution is -2.35. The Morgan fingerprint density at radius 3 is 2.36 bits per heavy atom. The number of likely N-dealkylation sites (tertiary alicyclic amines) is 1. The van der Waals surface area contributed by atoms with Gasteiger partial charge in [-0.1, -0.05) is 44.2 Å². The van der Waals surface area contributed by atoms with Gasteiger partial charge < -0.3 is 24.4 Å². The molecule has 204 valence electrons. The summed E-state index contributed by atoms with van der Waals surface area (Å²) in [6.07, 6.45) is 0. The summed E-state index contributed by atoms with van der Waals surface area (Å²) < 4.78 is 11.9. The van der Waals surface area contributed by atoms with Gasteiger partial charge in [0.2, 0.25) is 0 Å². The first-order valence-electron chi connectivity index (χ1n) is 13.2. The number of aliphatic hydroxyl groups excluding tert-OH is 1. The monoisotopic (exact) mass is 528 g/mol. The number of ketones is 1. The molecule has 0 saturated carbocycles. The van der Waals surface area contributed by atoms with Crippen molar-refractivity contribution in [1.29, 1.82) is 0 Å². The first kappa shape index (κ1) is 27.9. The van der Waals surface area contributed by atoms with Gasteiger partial charge in [-0.05, 0) is 80.5 Å². The quantitative estimate of drug-likeness (QED) is 0.203. The summed E-state index contributed by atoms with van der Waals surface area (Å²) in [5.74, 6) is 0.783. The van der Waals surface area contributed by atoms with E-state index in [1.165, 1.54) is 4.90 Å². The number of hydrogen-bond acceptors (Lipinski definition) is 6. The van der Waals surface area contributed by atoms with E-state index in [0.717, 1.165) is 5.56 Å². The summed E-state index contributed by atoms with van der Waals surface area (Å²) >= 11 is 0. The zero-order valence-corrected chi connectivity index (χ0v) is 23.2. The first-order chi connectivity index (χ1) is 18.7. The van der Waals surface area contributed by atoms with E-state index in [1.54, 1.807) is 18.2 Å². The van der Waals surface area contributed by atoms with Gasteiger partial charge in [-0.15, -0.1) is 0 Å². The van der Waals surface area contributed by atoms with Crippen LogP contribution in [-0.2, 0) is 9.59 Å². The molecule has 0 aliphatic carbocycles. The minimum atomic E-state index is -0.763. The largest absolute Gasteiger partial charge is 0.507 e. The molecule has 0 aromatic heterocycles. The summed E-state index contributed by atoms with van der Waals surface area (Å²) in [5.41, 5.74) is 2.02. The van der Waals surface area contributed by atoms with Crippen LogP contribution in [0.3, 0.4) is 0 Å². The van der Waals surface area contributed by atoms with Crippen molar-refractivity contribution in [1.82, 2.24) is 9.80 Å². The maximum absolute atomic E-state index is 13.4. The lowest BCUT2D eigenvalue weighted by molar-refractivity contribution is -0.140. The van der Waals surface area contributed by atoms with Crippen molar-refractivity contribution in [2.24, 2.45) is 5.92 Å². The van der Waals surface area contributed by atoms with Crippen LogP contribution in [0.25, 0.3) is 5.76 Å². The second-order valence-electron chi connectivity index (χ2n) is 10.5. The summed E-state index contributed by atoms with van der Waals surface area (Å²) in [6.45, 7) is 7.50. The standard InChI is InChI=1S/C32H36N2O5/c1-21(2)20-38-27-15-14-24(18-22(27)3)30(35)28-29(34(17-16-33(4)5)32(37)31(28)36)23-10-9-13-26(19-23)39-25-11-7-6-8-12-25/h6-15,18-19,21,29,35H,16-17,20H2,1-5H3/b30-28+. The number of aryl methyl sites for hydroxylation is 1. The van der Waals surface area contributed by atoms with E-state index in [9.17, 15) is 14.7 Å². The third-order valence-corrected chi connectivity index (χ3v) is 6.50. The van der Waals surface area contributed by atoms with Gasteiger partial charge in [0.1, 0.15) is 23.0 Å². The molecular formula is C32H36N2O5. The number of amides is 1. The van der Waals surface area contributed by atoms with Crippen molar-refractivity contribution in [3.63, 3.8) is 0 Å². The minimum absolute atomic E-state index is 0.0610. The topological polar surface area (TPSA) is 79.3 Å². The highest BCUT2D eigenvalue weighted by Gasteiger charge is 2.46. The Labute approximate surface area is 230 Å². The van der Waals surface area contributed by atoms with Crippen molar-refractivity contribution < 1.29 is 24.2 Å². The van der Waals surface area contributed by atoms with E-state index in [2.05, 4.69) is 13.8 Å². The number of ether oxygens (including phenoxy) is 2. The number of hydrogen-bond donors (Lipinski definition) is 1. The van der Waals surface area contributed by atoms with Crippen LogP contribution in [0.5, 0.6) is 17.2 Å². The number of para-hydroxylation sites is 1. The molecule has 1 heterocycles.